The number of aliphatic hydroxyl groups is 1. The lowest BCUT2D eigenvalue weighted by Gasteiger charge is -2.11. The van der Waals surface area contributed by atoms with Crippen molar-refractivity contribution >= 4 is 21.9 Å². The van der Waals surface area contributed by atoms with Crippen molar-refractivity contribution in [2.75, 3.05) is 11.9 Å². The molecule has 4 heteroatoms. The summed E-state index contributed by atoms with van der Waals surface area (Å²) in [6.45, 7) is 4.75. The molecule has 0 aliphatic heterocycles. The molecule has 2 N–H and O–H groups in total. The van der Waals surface area contributed by atoms with Crippen molar-refractivity contribution in [3.63, 3.8) is 0 Å². The quantitative estimate of drug-likeness (QED) is 0.174. The first-order valence-corrected chi connectivity index (χ1v) is 12.2. The predicted molar refractivity (Wildman–Crippen MR) is 117 cm³/mol. The maximum atomic E-state index is 11.1. The van der Waals surface area contributed by atoms with Gasteiger partial charge in [-0.1, -0.05) is 107 Å². The van der Waals surface area contributed by atoms with E-state index < -0.39 is 5.97 Å². The third kappa shape index (κ3) is 23.9. The Morgan fingerprint density at radius 2 is 1.15 bits per heavy atom. The Kier molecular flexibility index (Phi) is 26.9. The average Bonchev–Trinajstić information content (AvgIpc) is 2.63. The van der Waals surface area contributed by atoms with Crippen LogP contribution >= 0.6 is 15.9 Å². The van der Waals surface area contributed by atoms with Crippen molar-refractivity contribution in [3.05, 3.63) is 0 Å². The number of aliphatic hydroxyl groups excluding tert-OH is 1. The van der Waals surface area contributed by atoms with Gasteiger partial charge < -0.3 is 10.2 Å². The van der Waals surface area contributed by atoms with Gasteiger partial charge in [-0.3, -0.25) is 4.79 Å². The monoisotopic (exact) mass is 436 g/mol. The second kappa shape index (κ2) is 24.9. The largest absolute Gasteiger partial charge is 0.481 e. The molecule has 158 valence electrons. The van der Waals surface area contributed by atoms with E-state index in [1.807, 2.05) is 0 Å². The number of rotatable bonds is 18. The molecule has 0 heterocycles. The van der Waals surface area contributed by atoms with Gasteiger partial charge in [0, 0.05) is 11.9 Å². The van der Waals surface area contributed by atoms with Crippen molar-refractivity contribution in [1.29, 1.82) is 0 Å². The molecular weight excluding hydrogens is 392 g/mol. The van der Waals surface area contributed by atoms with Gasteiger partial charge in [0.25, 0.3) is 0 Å². The maximum Gasteiger partial charge on any atom is 0.306 e. The number of halogens is 1. The standard InChI is InChI=1S/C16H32O2.C6H13BrO/c1-3-5-7-9-10-12-14-15(16(17)18)13-11-8-6-4-2;7-5-3-1-2-4-6-8/h15H,3-14H2,1-2H3,(H,17,18);8H,1-6H2. The summed E-state index contributed by atoms with van der Waals surface area (Å²) in [6.07, 6.45) is 18.6. The first-order valence-electron chi connectivity index (χ1n) is 11.0. The van der Waals surface area contributed by atoms with E-state index in [4.69, 9.17) is 5.11 Å². The molecule has 0 aromatic carbocycles. The highest BCUT2D eigenvalue weighted by atomic mass is 79.9. The molecule has 0 bridgehead atoms. The van der Waals surface area contributed by atoms with Crippen molar-refractivity contribution in [1.82, 2.24) is 0 Å². The van der Waals surface area contributed by atoms with E-state index in [0.29, 0.717) is 6.61 Å². The molecule has 0 amide bonds. The summed E-state index contributed by atoms with van der Waals surface area (Å²) < 4.78 is 0. The van der Waals surface area contributed by atoms with E-state index in [2.05, 4.69) is 29.8 Å². The predicted octanol–water partition coefficient (Wildman–Crippen LogP) is 7.34. The number of carboxylic acids is 1. The van der Waals surface area contributed by atoms with Gasteiger partial charge in [0.1, 0.15) is 0 Å². The highest BCUT2D eigenvalue weighted by molar-refractivity contribution is 9.09. The van der Waals surface area contributed by atoms with E-state index in [9.17, 15) is 9.90 Å². The van der Waals surface area contributed by atoms with Crippen LogP contribution in [0.4, 0.5) is 0 Å². The van der Waals surface area contributed by atoms with Crippen LogP contribution in [0.3, 0.4) is 0 Å². The highest BCUT2D eigenvalue weighted by Gasteiger charge is 2.15. The number of carboxylic acid groups (broad SMARTS) is 1. The number of carbonyl (C=O) groups is 1. The highest BCUT2D eigenvalue weighted by Crippen LogP contribution is 2.19. The van der Waals surface area contributed by atoms with E-state index in [1.165, 1.54) is 70.6 Å². The minimum atomic E-state index is -0.583. The molecule has 0 spiro atoms. The lowest BCUT2D eigenvalue weighted by atomic mass is 9.94. The SMILES string of the molecule is CCCCCCCCC(CCCCCC)C(=O)O.OCCCCCCBr. The van der Waals surface area contributed by atoms with Crippen LogP contribution < -0.4 is 0 Å². The molecule has 0 aromatic rings. The summed E-state index contributed by atoms with van der Waals surface area (Å²) >= 11 is 3.34. The lowest BCUT2D eigenvalue weighted by Crippen LogP contribution is -2.13. The average molecular weight is 438 g/mol. The molecule has 0 aliphatic rings. The number of hydrogen-bond acceptors (Lipinski definition) is 2. The summed E-state index contributed by atoms with van der Waals surface area (Å²) in [5, 5.41) is 18.6. The molecule has 3 nitrogen and oxygen atoms in total. The fourth-order valence-electron chi connectivity index (χ4n) is 2.94. The third-order valence-corrected chi connectivity index (χ3v) is 5.26. The molecule has 26 heavy (non-hydrogen) atoms. The number of hydrogen-bond donors (Lipinski definition) is 2. The summed E-state index contributed by atoms with van der Waals surface area (Å²) in [7, 11) is 0. The van der Waals surface area contributed by atoms with Crippen molar-refractivity contribution < 1.29 is 15.0 Å². The Balaban J connectivity index is 0. The van der Waals surface area contributed by atoms with E-state index >= 15 is 0 Å². The molecule has 0 saturated carbocycles. The number of alkyl halides is 1. The summed E-state index contributed by atoms with van der Waals surface area (Å²) in [6, 6.07) is 0. The van der Waals surface area contributed by atoms with Gasteiger partial charge in [-0.05, 0) is 25.7 Å². The zero-order valence-electron chi connectivity index (χ0n) is 17.5. The second-order valence-corrected chi connectivity index (χ2v) is 8.06. The van der Waals surface area contributed by atoms with Gasteiger partial charge in [0.2, 0.25) is 0 Å². The molecule has 0 rings (SSSR count). The van der Waals surface area contributed by atoms with Crippen LogP contribution in [0.5, 0.6) is 0 Å². The first-order chi connectivity index (χ1) is 12.6. The minimum absolute atomic E-state index is 0.0898. The van der Waals surface area contributed by atoms with Gasteiger partial charge in [-0.15, -0.1) is 0 Å². The Hall–Kier alpha value is -0.0900. The fraction of sp³-hybridized carbons (Fsp3) is 0.955. The van der Waals surface area contributed by atoms with Crippen LogP contribution in [0, 0.1) is 5.92 Å². The zero-order valence-corrected chi connectivity index (χ0v) is 19.1. The minimum Gasteiger partial charge on any atom is -0.481 e. The molecule has 1 unspecified atom stereocenters. The van der Waals surface area contributed by atoms with Crippen molar-refractivity contribution in [2.45, 2.75) is 117 Å². The van der Waals surface area contributed by atoms with Gasteiger partial charge >= 0.3 is 5.97 Å². The van der Waals surface area contributed by atoms with Crippen LogP contribution in [-0.2, 0) is 4.79 Å². The lowest BCUT2D eigenvalue weighted by molar-refractivity contribution is -0.142. The molecule has 0 radical (unpaired) electrons. The molecule has 0 aliphatic carbocycles. The Morgan fingerprint density at radius 1 is 0.731 bits per heavy atom. The summed E-state index contributed by atoms with van der Waals surface area (Å²) in [4.78, 5) is 11.1. The van der Waals surface area contributed by atoms with Crippen LogP contribution in [0.25, 0.3) is 0 Å². The molecule has 1 atom stereocenters. The number of unbranched alkanes of at least 4 members (excludes halogenated alkanes) is 11. The Labute approximate surface area is 171 Å². The maximum absolute atomic E-state index is 11.1. The normalized spacial score (nSPS) is 11.7. The van der Waals surface area contributed by atoms with E-state index in [-0.39, 0.29) is 5.92 Å². The second-order valence-electron chi connectivity index (χ2n) is 7.27. The topological polar surface area (TPSA) is 57.5 Å². The summed E-state index contributed by atoms with van der Waals surface area (Å²) in [5.41, 5.74) is 0. The van der Waals surface area contributed by atoms with Crippen LogP contribution in [0.15, 0.2) is 0 Å². The third-order valence-electron chi connectivity index (χ3n) is 4.70. The smallest absolute Gasteiger partial charge is 0.306 e. The Morgan fingerprint density at radius 3 is 1.62 bits per heavy atom. The van der Waals surface area contributed by atoms with Crippen LogP contribution in [-0.4, -0.2) is 28.1 Å². The fourth-order valence-corrected chi connectivity index (χ4v) is 3.34. The van der Waals surface area contributed by atoms with Crippen molar-refractivity contribution in [3.8, 4) is 0 Å². The molecule has 0 saturated heterocycles. The van der Waals surface area contributed by atoms with Gasteiger partial charge in [0.15, 0.2) is 0 Å². The van der Waals surface area contributed by atoms with Gasteiger partial charge in [-0.25, -0.2) is 0 Å². The summed E-state index contributed by atoms with van der Waals surface area (Å²) in [5.74, 6) is -0.673. The number of aliphatic carboxylic acids is 1. The molecule has 0 aromatic heterocycles. The first kappa shape index (κ1) is 28.1. The molecule has 0 fully saturated rings. The van der Waals surface area contributed by atoms with Crippen molar-refractivity contribution in [2.24, 2.45) is 5.92 Å². The zero-order chi connectivity index (χ0) is 19.9. The van der Waals surface area contributed by atoms with Gasteiger partial charge in [0.05, 0.1) is 5.92 Å². The van der Waals surface area contributed by atoms with E-state index in [0.717, 1.165) is 37.4 Å². The van der Waals surface area contributed by atoms with Gasteiger partial charge in [-0.2, -0.15) is 0 Å². The van der Waals surface area contributed by atoms with E-state index in [1.54, 1.807) is 0 Å². The Bertz CT molecular complexity index is 266. The van der Waals surface area contributed by atoms with Crippen LogP contribution in [0.2, 0.25) is 0 Å². The molecular formula is C22H45BrO3. The van der Waals surface area contributed by atoms with Crippen LogP contribution in [0.1, 0.15) is 117 Å².